The van der Waals surface area contributed by atoms with Crippen LogP contribution in [0, 0.1) is 12.3 Å². The molecule has 44 valence electrons. The van der Waals surface area contributed by atoms with Crippen LogP contribution in [0.1, 0.15) is 0 Å². The quantitative estimate of drug-likeness (QED) is 0.430. The van der Waals surface area contributed by atoms with Crippen LogP contribution in [0.2, 0.25) is 0 Å². The monoisotopic (exact) mass is 111 g/mol. The Balaban J connectivity index is 2.25. The second-order valence-corrected chi connectivity index (χ2v) is 1.75. The van der Waals surface area contributed by atoms with E-state index in [1.165, 1.54) is 0 Å². The Kier molecular flexibility index (Phi) is 1.90. The van der Waals surface area contributed by atoms with E-state index in [0.29, 0.717) is 6.61 Å². The highest BCUT2D eigenvalue weighted by Gasteiger charge is 2.07. The Bertz CT molecular complexity index is 99.6. The highest BCUT2D eigenvalue weighted by molar-refractivity contribution is 4.99. The largest absolute Gasteiger partial charge is 0.377 e. The van der Waals surface area contributed by atoms with Gasteiger partial charge in [0.1, 0.15) is 0 Å². The molecule has 1 N–H and O–H groups in total. The summed E-state index contributed by atoms with van der Waals surface area (Å²) >= 11 is 0. The van der Waals surface area contributed by atoms with Crippen molar-refractivity contribution < 1.29 is 4.74 Å². The second kappa shape index (κ2) is 2.71. The molecule has 0 aromatic rings. The van der Waals surface area contributed by atoms with Crippen LogP contribution in [0.4, 0.5) is 0 Å². The molecule has 1 heterocycles. The molecule has 0 bridgehead atoms. The summed E-state index contributed by atoms with van der Waals surface area (Å²) in [4.78, 5) is 0. The number of rotatable bonds is 0. The molecule has 1 atom stereocenters. The molecule has 0 aliphatic carbocycles. The lowest BCUT2D eigenvalue weighted by Crippen LogP contribution is -2.39. The highest BCUT2D eigenvalue weighted by Crippen LogP contribution is 1.88. The third kappa shape index (κ3) is 1.22. The van der Waals surface area contributed by atoms with E-state index in [2.05, 4.69) is 11.2 Å². The van der Waals surface area contributed by atoms with Crippen molar-refractivity contribution in [2.75, 3.05) is 19.8 Å². The molecular formula is C6H9NO. The molecule has 8 heavy (non-hydrogen) atoms. The minimum Gasteiger partial charge on any atom is -0.377 e. The topological polar surface area (TPSA) is 21.3 Å². The molecule has 2 nitrogen and oxygen atoms in total. The molecule has 0 spiro atoms. The Hall–Kier alpha value is -0.520. The molecule has 0 aromatic heterocycles. The van der Waals surface area contributed by atoms with Gasteiger partial charge in [-0.25, -0.2) is 0 Å². The van der Waals surface area contributed by atoms with Crippen LogP contribution in [0.5, 0.6) is 0 Å². The third-order valence-electron chi connectivity index (χ3n) is 1.12. The van der Waals surface area contributed by atoms with Crippen LogP contribution in [-0.2, 0) is 4.74 Å². The third-order valence-corrected chi connectivity index (χ3v) is 1.12. The van der Waals surface area contributed by atoms with Gasteiger partial charge in [0.25, 0.3) is 0 Å². The number of hydrogen-bond donors (Lipinski definition) is 1. The molecule has 0 radical (unpaired) electrons. The molecule has 1 unspecified atom stereocenters. The summed E-state index contributed by atoms with van der Waals surface area (Å²) in [6.07, 6.45) is 5.11. The maximum atomic E-state index is 5.11. The van der Waals surface area contributed by atoms with Gasteiger partial charge in [-0.1, -0.05) is 5.92 Å². The predicted molar refractivity (Wildman–Crippen MR) is 31.4 cm³/mol. The molecule has 0 aromatic carbocycles. The van der Waals surface area contributed by atoms with E-state index in [4.69, 9.17) is 11.2 Å². The first-order valence-electron chi connectivity index (χ1n) is 2.71. The van der Waals surface area contributed by atoms with E-state index in [-0.39, 0.29) is 6.04 Å². The fourth-order valence-corrected chi connectivity index (χ4v) is 0.672. The van der Waals surface area contributed by atoms with Gasteiger partial charge in [-0.15, -0.1) is 6.42 Å². The summed E-state index contributed by atoms with van der Waals surface area (Å²) < 4.78 is 5.07. The minimum atomic E-state index is 0.142. The molecule has 1 aliphatic rings. The zero-order valence-electron chi connectivity index (χ0n) is 4.68. The van der Waals surface area contributed by atoms with E-state index >= 15 is 0 Å². The van der Waals surface area contributed by atoms with Crippen molar-refractivity contribution in [2.24, 2.45) is 0 Å². The van der Waals surface area contributed by atoms with Crippen molar-refractivity contribution in [3.8, 4) is 12.3 Å². The number of ether oxygens (including phenoxy) is 1. The first-order chi connectivity index (χ1) is 3.93. The van der Waals surface area contributed by atoms with Crippen molar-refractivity contribution in [3.63, 3.8) is 0 Å². The summed E-state index contributed by atoms with van der Waals surface area (Å²) in [6.45, 7) is 2.34. The smallest absolute Gasteiger partial charge is 0.0924 e. The number of hydrogen-bond acceptors (Lipinski definition) is 2. The van der Waals surface area contributed by atoms with Crippen molar-refractivity contribution in [1.29, 1.82) is 0 Å². The van der Waals surface area contributed by atoms with E-state index in [0.717, 1.165) is 13.2 Å². The standard InChI is InChI=1S/C6H9NO/c1-2-6-5-8-4-3-7-6/h1,6-7H,3-5H2. The molecule has 1 rings (SSSR count). The average molecular weight is 111 g/mol. The summed E-state index contributed by atoms with van der Waals surface area (Å²) in [5, 5.41) is 3.11. The Morgan fingerprint density at radius 2 is 2.62 bits per heavy atom. The van der Waals surface area contributed by atoms with Gasteiger partial charge in [-0.2, -0.15) is 0 Å². The van der Waals surface area contributed by atoms with E-state index in [9.17, 15) is 0 Å². The van der Waals surface area contributed by atoms with Gasteiger partial charge in [0, 0.05) is 6.54 Å². The lowest BCUT2D eigenvalue weighted by Gasteiger charge is -2.18. The first kappa shape index (κ1) is 5.61. The van der Waals surface area contributed by atoms with Crippen LogP contribution in [-0.4, -0.2) is 25.8 Å². The molecule has 1 aliphatic heterocycles. The Labute approximate surface area is 49.2 Å². The Morgan fingerprint density at radius 3 is 3.00 bits per heavy atom. The maximum Gasteiger partial charge on any atom is 0.0924 e. The molecule has 0 amide bonds. The van der Waals surface area contributed by atoms with Crippen LogP contribution < -0.4 is 5.32 Å². The molecular weight excluding hydrogens is 102 g/mol. The van der Waals surface area contributed by atoms with Crippen LogP contribution in [0.3, 0.4) is 0 Å². The van der Waals surface area contributed by atoms with Crippen molar-refractivity contribution in [3.05, 3.63) is 0 Å². The van der Waals surface area contributed by atoms with Gasteiger partial charge in [-0.05, 0) is 0 Å². The fourth-order valence-electron chi connectivity index (χ4n) is 0.672. The highest BCUT2D eigenvalue weighted by atomic mass is 16.5. The summed E-state index contributed by atoms with van der Waals surface area (Å²) in [5.74, 6) is 2.57. The predicted octanol–water partition coefficient (Wildman–Crippen LogP) is -0.392. The lowest BCUT2D eigenvalue weighted by molar-refractivity contribution is 0.0926. The molecule has 2 heteroatoms. The molecule has 1 fully saturated rings. The molecule has 0 saturated carbocycles. The second-order valence-electron chi connectivity index (χ2n) is 1.75. The summed E-state index contributed by atoms with van der Waals surface area (Å²) in [5.41, 5.74) is 0. The maximum absolute atomic E-state index is 5.11. The average Bonchev–Trinajstić information content (AvgIpc) is 1.90. The number of morpholine rings is 1. The van der Waals surface area contributed by atoms with Crippen molar-refractivity contribution >= 4 is 0 Å². The first-order valence-corrected chi connectivity index (χ1v) is 2.71. The SMILES string of the molecule is C#CC1COCCN1. The van der Waals surface area contributed by atoms with E-state index in [1.54, 1.807) is 0 Å². The van der Waals surface area contributed by atoms with Gasteiger partial charge < -0.3 is 4.74 Å². The van der Waals surface area contributed by atoms with Crippen LogP contribution in [0.15, 0.2) is 0 Å². The van der Waals surface area contributed by atoms with Crippen molar-refractivity contribution in [2.45, 2.75) is 6.04 Å². The lowest BCUT2D eigenvalue weighted by atomic mass is 10.3. The summed E-state index contributed by atoms with van der Waals surface area (Å²) in [6, 6.07) is 0.142. The van der Waals surface area contributed by atoms with Gasteiger partial charge in [-0.3, -0.25) is 5.32 Å². The fraction of sp³-hybridized carbons (Fsp3) is 0.667. The zero-order valence-corrected chi connectivity index (χ0v) is 4.68. The summed E-state index contributed by atoms with van der Waals surface area (Å²) in [7, 11) is 0. The normalized spacial score (nSPS) is 29.1. The molecule has 1 saturated heterocycles. The van der Waals surface area contributed by atoms with Gasteiger partial charge in [0.15, 0.2) is 0 Å². The van der Waals surface area contributed by atoms with Crippen molar-refractivity contribution in [1.82, 2.24) is 5.32 Å². The van der Waals surface area contributed by atoms with E-state index in [1.807, 2.05) is 0 Å². The van der Waals surface area contributed by atoms with Gasteiger partial charge in [0.2, 0.25) is 0 Å². The van der Waals surface area contributed by atoms with E-state index < -0.39 is 0 Å². The number of terminal acetylenes is 1. The van der Waals surface area contributed by atoms with Gasteiger partial charge >= 0.3 is 0 Å². The minimum absolute atomic E-state index is 0.142. The van der Waals surface area contributed by atoms with Gasteiger partial charge in [0.05, 0.1) is 19.3 Å². The Morgan fingerprint density at radius 1 is 1.75 bits per heavy atom. The number of nitrogens with one attached hydrogen (secondary N) is 1. The van der Waals surface area contributed by atoms with Crippen LogP contribution in [0.25, 0.3) is 0 Å². The van der Waals surface area contributed by atoms with Crippen LogP contribution >= 0.6 is 0 Å². The zero-order chi connectivity index (χ0) is 5.82.